The summed E-state index contributed by atoms with van der Waals surface area (Å²) in [7, 11) is 0. The molecule has 0 saturated heterocycles. The molecule has 0 amide bonds. The van der Waals surface area contributed by atoms with Crippen LogP contribution in [0.1, 0.15) is 15.9 Å². The molecule has 0 bridgehead atoms. The summed E-state index contributed by atoms with van der Waals surface area (Å²) in [6.07, 6.45) is 1.88. The average Bonchev–Trinajstić information content (AvgIpc) is 2.34. The van der Waals surface area contributed by atoms with Crippen molar-refractivity contribution in [2.45, 2.75) is 0 Å². The summed E-state index contributed by atoms with van der Waals surface area (Å²) >= 11 is 0.0664. The Labute approximate surface area is 113 Å². The molecule has 1 aliphatic rings. The molecule has 0 atom stereocenters. The molecule has 0 fully saturated rings. The van der Waals surface area contributed by atoms with E-state index < -0.39 is 0 Å². The van der Waals surface area contributed by atoms with Gasteiger partial charge in [-0.05, 0) is 0 Å². The van der Waals surface area contributed by atoms with Gasteiger partial charge in [-0.1, -0.05) is 0 Å². The molecule has 0 saturated carbocycles. The van der Waals surface area contributed by atoms with Gasteiger partial charge >= 0.3 is 113 Å². The van der Waals surface area contributed by atoms with Crippen LogP contribution in [0.25, 0.3) is 16.8 Å². The zero-order chi connectivity index (χ0) is 12.0. The summed E-state index contributed by atoms with van der Waals surface area (Å²) in [5.74, 6) is -0.647. The van der Waals surface area contributed by atoms with Crippen LogP contribution in [0.2, 0.25) is 0 Å². The molecule has 0 unspecified atom stereocenters. The van der Waals surface area contributed by atoms with E-state index in [0.29, 0.717) is 5.56 Å². The molecule has 0 spiro atoms. The molecule has 0 aromatic heterocycles. The predicted molar refractivity (Wildman–Crippen MR) is 69.8 cm³/mol. The Bertz CT molecular complexity index is 698. The second-order valence-corrected chi connectivity index (χ2v) is 7.35. The Morgan fingerprint density at radius 1 is 0.882 bits per heavy atom. The van der Waals surface area contributed by atoms with E-state index in [2.05, 4.69) is 0 Å². The summed E-state index contributed by atoms with van der Waals surface area (Å²) in [6.45, 7) is 0. The first-order chi connectivity index (χ1) is 8.16. The number of rotatable bonds is 0. The molecule has 80 valence electrons. The summed E-state index contributed by atoms with van der Waals surface area (Å²) in [5, 5.41) is 2.11. The number of carbonyl (C=O) groups is 2. The number of fused-ring (bicyclic) bond motifs is 2. The second-order valence-electron chi connectivity index (χ2n) is 4.27. The van der Waals surface area contributed by atoms with Gasteiger partial charge in [-0.2, -0.15) is 0 Å². The molecular formula is C14H9InO2. The fourth-order valence-electron chi connectivity index (χ4n) is 2.17. The van der Waals surface area contributed by atoms with E-state index in [0.717, 1.165) is 19.7 Å². The van der Waals surface area contributed by atoms with Gasteiger partial charge in [0.2, 0.25) is 0 Å². The third kappa shape index (κ3) is 1.65. The molecular weight excluding hydrogens is 315 g/mol. The van der Waals surface area contributed by atoms with Crippen molar-refractivity contribution in [3.05, 3.63) is 50.9 Å². The maximum atomic E-state index is 11.9. The predicted octanol–water partition coefficient (Wildman–Crippen LogP) is 1.58. The summed E-state index contributed by atoms with van der Waals surface area (Å²) in [6, 6.07) is 11.7. The van der Waals surface area contributed by atoms with Gasteiger partial charge in [0.1, 0.15) is 0 Å². The molecule has 2 aromatic carbocycles. The average molecular weight is 324 g/mol. The zero-order valence-electron chi connectivity index (χ0n) is 9.36. The Morgan fingerprint density at radius 3 is 2.24 bits per heavy atom. The van der Waals surface area contributed by atoms with Crippen LogP contribution in [0.3, 0.4) is 0 Å². The Kier molecular flexibility index (Phi) is 2.44. The Balaban J connectivity index is 2.37. The van der Waals surface area contributed by atoms with E-state index in [1.54, 1.807) is 0 Å². The first-order valence-electron chi connectivity index (χ1n) is 5.47. The van der Waals surface area contributed by atoms with Crippen LogP contribution in [0.5, 0.6) is 0 Å². The number of hydrogen-bond donors (Lipinski definition) is 0. The fraction of sp³-hybridized carbons (Fsp3) is 0. The number of benzene rings is 2. The standard InChI is InChI=1S/C14H7O2.In.2H/c15-13-6-5-11-7-9-3-1-2-4-10(9)8-12(11)14(13)16;;;/h1-5,7-8H;;;. The van der Waals surface area contributed by atoms with Gasteiger partial charge in [0, 0.05) is 0 Å². The van der Waals surface area contributed by atoms with E-state index in [9.17, 15) is 9.59 Å². The van der Waals surface area contributed by atoms with Crippen molar-refractivity contribution >= 4 is 52.8 Å². The third-order valence-electron chi connectivity index (χ3n) is 3.10. The molecule has 3 heteroatoms. The first-order valence-corrected chi connectivity index (χ1v) is 8.32. The van der Waals surface area contributed by atoms with Crippen LogP contribution in [0, 0.1) is 0 Å². The molecule has 17 heavy (non-hydrogen) atoms. The van der Waals surface area contributed by atoms with Crippen molar-refractivity contribution in [2.24, 2.45) is 0 Å². The van der Waals surface area contributed by atoms with Crippen molar-refractivity contribution in [1.82, 2.24) is 0 Å². The summed E-state index contributed by atoms with van der Waals surface area (Å²) in [5.41, 5.74) is 1.44. The van der Waals surface area contributed by atoms with Gasteiger partial charge in [-0.25, -0.2) is 0 Å². The van der Waals surface area contributed by atoms with Gasteiger partial charge in [0.25, 0.3) is 0 Å². The molecule has 0 N–H and O–H groups in total. The molecule has 1 aliphatic carbocycles. The van der Waals surface area contributed by atoms with Crippen molar-refractivity contribution in [3.63, 3.8) is 0 Å². The van der Waals surface area contributed by atoms with Crippen molar-refractivity contribution < 1.29 is 9.59 Å². The van der Waals surface area contributed by atoms with Crippen molar-refractivity contribution in [3.8, 4) is 0 Å². The van der Waals surface area contributed by atoms with Crippen LogP contribution in [0.4, 0.5) is 0 Å². The Hall–Kier alpha value is -1.35. The van der Waals surface area contributed by atoms with Gasteiger partial charge in [-0.3, -0.25) is 0 Å². The summed E-state index contributed by atoms with van der Waals surface area (Å²) in [4.78, 5) is 23.6. The quantitative estimate of drug-likeness (QED) is 0.690. The molecule has 0 aliphatic heterocycles. The van der Waals surface area contributed by atoms with Crippen LogP contribution < -0.4 is 0 Å². The number of allylic oxidation sites excluding steroid dienone is 1. The monoisotopic (exact) mass is 324 g/mol. The van der Waals surface area contributed by atoms with Gasteiger partial charge in [0.05, 0.1) is 0 Å². The second kappa shape index (κ2) is 3.84. The number of hydrogen-bond acceptors (Lipinski definition) is 2. The van der Waals surface area contributed by atoms with Crippen molar-refractivity contribution in [1.29, 1.82) is 0 Å². The molecule has 2 aromatic rings. The number of carbonyl (C=O) groups excluding carboxylic acids is 2. The Morgan fingerprint density at radius 2 is 1.53 bits per heavy atom. The maximum absolute atomic E-state index is 11.9. The third-order valence-corrected chi connectivity index (χ3v) is 5.22. The minimum atomic E-state index is -0.345. The van der Waals surface area contributed by atoms with Crippen LogP contribution in [-0.4, -0.2) is 35.9 Å². The van der Waals surface area contributed by atoms with Crippen LogP contribution in [-0.2, 0) is 4.79 Å². The normalized spacial score (nSPS) is 14.7. The van der Waals surface area contributed by atoms with E-state index in [1.807, 2.05) is 42.5 Å². The number of ketones is 2. The fourth-order valence-corrected chi connectivity index (χ4v) is 3.71. The van der Waals surface area contributed by atoms with E-state index in [-0.39, 0.29) is 35.9 Å². The van der Waals surface area contributed by atoms with Crippen LogP contribution in [0.15, 0.2) is 39.7 Å². The molecule has 0 heterocycles. The van der Waals surface area contributed by atoms with E-state index in [1.165, 1.54) is 0 Å². The van der Waals surface area contributed by atoms with Crippen molar-refractivity contribution in [2.75, 3.05) is 0 Å². The van der Waals surface area contributed by atoms with Crippen LogP contribution >= 0.6 is 0 Å². The summed E-state index contributed by atoms with van der Waals surface area (Å²) < 4.78 is 0.722. The zero-order valence-corrected chi connectivity index (χ0v) is 15.1. The minimum absolute atomic E-state index is 0.0664. The first kappa shape index (κ1) is 10.8. The van der Waals surface area contributed by atoms with Gasteiger partial charge in [0.15, 0.2) is 0 Å². The SMILES string of the molecule is O=C1C(=O)c2cc3ccccc3cc2C=[C]1[InH2]. The van der Waals surface area contributed by atoms with E-state index >= 15 is 0 Å². The molecule has 0 radical (unpaired) electrons. The molecule has 2 nitrogen and oxygen atoms in total. The number of Topliss-reactive ketones (excluding diaryl/α,β-unsaturated/α-hetero) is 2. The topological polar surface area (TPSA) is 34.1 Å². The molecule has 3 rings (SSSR count). The van der Waals surface area contributed by atoms with Gasteiger partial charge in [-0.15, -0.1) is 0 Å². The van der Waals surface area contributed by atoms with Gasteiger partial charge < -0.3 is 0 Å². The van der Waals surface area contributed by atoms with E-state index in [4.69, 9.17) is 0 Å².